The minimum atomic E-state index is 0.182. The molecule has 2 nitrogen and oxygen atoms in total. The molecule has 1 aromatic heterocycles. The van der Waals surface area contributed by atoms with Crippen molar-refractivity contribution in [2.24, 2.45) is 5.92 Å². The number of nitrogens with zero attached hydrogens (tertiary/aromatic N) is 1. The molecule has 2 rings (SSSR count). The molecule has 0 N–H and O–H groups in total. The molecule has 94 valence electrons. The standard InChI is InChI=1S/C14H21NOS/c1-10(2)6-7-15-13-5-3-4-11(13)8-12(9-17)14(15)16/h8,10,17H,3-7,9H2,1-2H3. The summed E-state index contributed by atoms with van der Waals surface area (Å²) in [6, 6.07) is 2.07. The summed E-state index contributed by atoms with van der Waals surface area (Å²) in [6.07, 6.45) is 4.45. The molecule has 0 unspecified atom stereocenters. The molecule has 1 aromatic rings. The number of pyridine rings is 1. The van der Waals surface area contributed by atoms with Gasteiger partial charge in [0.2, 0.25) is 0 Å². The van der Waals surface area contributed by atoms with E-state index in [0.29, 0.717) is 11.7 Å². The Kier molecular flexibility index (Phi) is 3.97. The maximum atomic E-state index is 12.3. The van der Waals surface area contributed by atoms with Crippen molar-refractivity contribution >= 4 is 12.6 Å². The highest BCUT2D eigenvalue weighted by Crippen LogP contribution is 2.22. The van der Waals surface area contributed by atoms with Crippen LogP contribution in [-0.2, 0) is 25.1 Å². The third kappa shape index (κ3) is 2.59. The molecule has 0 saturated carbocycles. The number of fused-ring (bicyclic) bond motifs is 1. The largest absolute Gasteiger partial charge is 0.312 e. The SMILES string of the molecule is CC(C)CCn1c2c(cc(CS)c1=O)CCC2. The van der Waals surface area contributed by atoms with E-state index in [9.17, 15) is 4.79 Å². The van der Waals surface area contributed by atoms with Crippen LogP contribution in [0.3, 0.4) is 0 Å². The first-order chi connectivity index (χ1) is 8.13. The number of hydrogen-bond donors (Lipinski definition) is 1. The summed E-state index contributed by atoms with van der Waals surface area (Å²) in [5.41, 5.74) is 3.69. The van der Waals surface area contributed by atoms with E-state index < -0.39 is 0 Å². The minimum Gasteiger partial charge on any atom is -0.312 e. The van der Waals surface area contributed by atoms with E-state index in [2.05, 4.69) is 32.5 Å². The fourth-order valence-electron chi connectivity index (χ4n) is 2.52. The summed E-state index contributed by atoms with van der Waals surface area (Å²) in [5, 5.41) is 0. The van der Waals surface area contributed by atoms with E-state index >= 15 is 0 Å². The van der Waals surface area contributed by atoms with Crippen LogP contribution in [0.5, 0.6) is 0 Å². The molecule has 0 fully saturated rings. The Morgan fingerprint density at radius 2 is 2.18 bits per heavy atom. The molecule has 0 atom stereocenters. The zero-order valence-electron chi connectivity index (χ0n) is 10.7. The van der Waals surface area contributed by atoms with Crippen molar-refractivity contribution in [1.29, 1.82) is 0 Å². The molecule has 0 radical (unpaired) electrons. The average Bonchev–Trinajstić information content (AvgIpc) is 2.74. The maximum absolute atomic E-state index is 12.3. The molecule has 1 aliphatic carbocycles. The van der Waals surface area contributed by atoms with Gasteiger partial charge in [0.15, 0.2) is 0 Å². The molecule has 0 amide bonds. The minimum absolute atomic E-state index is 0.182. The molecule has 0 aliphatic heterocycles. The lowest BCUT2D eigenvalue weighted by Crippen LogP contribution is -2.27. The van der Waals surface area contributed by atoms with Crippen LogP contribution >= 0.6 is 12.6 Å². The quantitative estimate of drug-likeness (QED) is 0.817. The summed E-state index contributed by atoms with van der Waals surface area (Å²) in [4.78, 5) is 12.3. The van der Waals surface area contributed by atoms with Crippen LogP contribution < -0.4 is 5.56 Å². The third-order valence-corrected chi connectivity index (χ3v) is 3.87. The van der Waals surface area contributed by atoms with E-state index in [-0.39, 0.29) is 5.56 Å². The van der Waals surface area contributed by atoms with Gasteiger partial charge in [0.05, 0.1) is 0 Å². The second-order valence-corrected chi connectivity index (χ2v) is 5.61. The Labute approximate surface area is 108 Å². The Bertz CT molecular complexity index is 462. The fraction of sp³-hybridized carbons (Fsp3) is 0.643. The lowest BCUT2D eigenvalue weighted by Gasteiger charge is -2.15. The van der Waals surface area contributed by atoms with Crippen molar-refractivity contribution in [2.75, 3.05) is 0 Å². The number of aryl methyl sites for hydroxylation is 1. The molecule has 0 saturated heterocycles. The van der Waals surface area contributed by atoms with Crippen molar-refractivity contribution in [1.82, 2.24) is 4.57 Å². The topological polar surface area (TPSA) is 22.0 Å². The second-order valence-electron chi connectivity index (χ2n) is 5.29. The molecule has 1 aliphatic rings. The zero-order chi connectivity index (χ0) is 12.4. The predicted octanol–water partition coefficient (Wildman–Crippen LogP) is 2.81. The van der Waals surface area contributed by atoms with Crippen molar-refractivity contribution in [3.63, 3.8) is 0 Å². The van der Waals surface area contributed by atoms with Gasteiger partial charge in [-0.05, 0) is 43.2 Å². The highest BCUT2D eigenvalue weighted by molar-refractivity contribution is 7.79. The van der Waals surface area contributed by atoms with Gasteiger partial charge in [-0.1, -0.05) is 13.8 Å². The highest BCUT2D eigenvalue weighted by Gasteiger charge is 2.18. The van der Waals surface area contributed by atoms with E-state index in [1.54, 1.807) is 0 Å². The van der Waals surface area contributed by atoms with Crippen molar-refractivity contribution in [3.8, 4) is 0 Å². The summed E-state index contributed by atoms with van der Waals surface area (Å²) in [7, 11) is 0. The van der Waals surface area contributed by atoms with E-state index in [0.717, 1.165) is 31.4 Å². The molecule has 0 spiro atoms. The zero-order valence-corrected chi connectivity index (χ0v) is 11.6. The van der Waals surface area contributed by atoms with E-state index in [1.807, 2.05) is 4.57 Å². The summed E-state index contributed by atoms with van der Waals surface area (Å²) < 4.78 is 2.01. The normalized spacial score (nSPS) is 14.4. The third-order valence-electron chi connectivity index (χ3n) is 3.52. The molecular weight excluding hydrogens is 230 g/mol. The van der Waals surface area contributed by atoms with Gasteiger partial charge in [0.25, 0.3) is 5.56 Å². The second kappa shape index (κ2) is 5.30. The first-order valence-corrected chi connectivity index (χ1v) is 7.12. The van der Waals surface area contributed by atoms with Crippen molar-refractivity contribution in [2.45, 2.75) is 51.8 Å². The van der Waals surface area contributed by atoms with Gasteiger partial charge in [0.1, 0.15) is 0 Å². The van der Waals surface area contributed by atoms with Gasteiger partial charge in [-0.3, -0.25) is 4.79 Å². The smallest absolute Gasteiger partial charge is 0.254 e. The highest BCUT2D eigenvalue weighted by atomic mass is 32.1. The fourth-order valence-corrected chi connectivity index (χ4v) is 2.75. The van der Waals surface area contributed by atoms with Gasteiger partial charge in [0, 0.05) is 23.6 Å². The van der Waals surface area contributed by atoms with Gasteiger partial charge < -0.3 is 4.57 Å². The van der Waals surface area contributed by atoms with Crippen LogP contribution in [0.1, 0.15) is 43.5 Å². The number of thiol groups is 1. The van der Waals surface area contributed by atoms with Crippen LogP contribution in [0.4, 0.5) is 0 Å². The molecule has 3 heteroatoms. The van der Waals surface area contributed by atoms with Crippen LogP contribution in [0.2, 0.25) is 0 Å². The Morgan fingerprint density at radius 3 is 2.82 bits per heavy atom. The average molecular weight is 251 g/mol. The van der Waals surface area contributed by atoms with Crippen LogP contribution in [0.25, 0.3) is 0 Å². The van der Waals surface area contributed by atoms with Gasteiger partial charge in [-0.25, -0.2) is 0 Å². The van der Waals surface area contributed by atoms with E-state index in [1.165, 1.54) is 17.7 Å². The lowest BCUT2D eigenvalue weighted by atomic mass is 10.1. The number of hydrogen-bond acceptors (Lipinski definition) is 2. The molecule has 0 bridgehead atoms. The first kappa shape index (κ1) is 12.7. The molecule has 0 aromatic carbocycles. The Hall–Kier alpha value is -0.700. The van der Waals surface area contributed by atoms with Crippen LogP contribution in [-0.4, -0.2) is 4.57 Å². The van der Waals surface area contributed by atoms with Crippen molar-refractivity contribution < 1.29 is 0 Å². The summed E-state index contributed by atoms with van der Waals surface area (Å²) >= 11 is 4.26. The van der Waals surface area contributed by atoms with Gasteiger partial charge in [-0.15, -0.1) is 0 Å². The summed E-state index contributed by atoms with van der Waals surface area (Å²) in [6.45, 7) is 5.27. The molecule has 17 heavy (non-hydrogen) atoms. The summed E-state index contributed by atoms with van der Waals surface area (Å²) in [5.74, 6) is 1.19. The Morgan fingerprint density at radius 1 is 1.41 bits per heavy atom. The molecule has 1 heterocycles. The Balaban J connectivity index is 2.41. The number of aromatic nitrogens is 1. The van der Waals surface area contributed by atoms with Gasteiger partial charge >= 0.3 is 0 Å². The maximum Gasteiger partial charge on any atom is 0.254 e. The monoisotopic (exact) mass is 251 g/mol. The lowest BCUT2D eigenvalue weighted by molar-refractivity contribution is 0.497. The van der Waals surface area contributed by atoms with Crippen LogP contribution in [0, 0.1) is 5.92 Å². The number of rotatable bonds is 4. The first-order valence-electron chi connectivity index (χ1n) is 6.48. The molecular formula is C14H21NOS. The predicted molar refractivity (Wildman–Crippen MR) is 74.9 cm³/mol. The van der Waals surface area contributed by atoms with E-state index in [4.69, 9.17) is 0 Å². The van der Waals surface area contributed by atoms with Gasteiger partial charge in [-0.2, -0.15) is 12.6 Å². The van der Waals surface area contributed by atoms with Crippen LogP contribution in [0.15, 0.2) is 10.9 Å². The van der Waals surface area contributed by atoms with Crippen molar-refractivity contribution in [3.05, 3.63) is 33.2 Å².